The second kappa shape index (κ2) is 10.7. The molecule has 0 bridgehead atoms. The molecule has 2 aliphatic rings. The number of likely N-dealkylation sites (tertiary alicyclic amines) is 1. The number of nitrogens with one attached hydrogen (secondary N) is 1. The van der Waals surface area contributed by atoms with E-state index in [-0.39, 0.29) is 47.3 Å². The van der Waals surface area contributed by atoms with Gasteiger partial charge in [-0.15, -0.1) is 24.0 Å². The maximum atomic E-state index is 12.0. The lowest BCUT2D eigenvalue weighted by atomic mass is 9.89. The van der Waals surface area contributed by atoms with E-state index in [1.165, 1.54) is 7.11 Å². The first-order chi connectivity index (χ1) is 11.9. The van der Waals surface area contributed by atoms with E-state index in [2.05, 4.69) is 43.1 Å². The highest BCUT2D eigenvalue weighted by Gasteiger charge is 2.38. The fourth-order valence-corrected chi connectivity index (χ4v) is 3.74. The van der Waals surface area contributed by atoms with Crippen molar-refractivity contribution in [2.24, 2.45) is 16.8 Å². The molecule has 2 unspecified atom stereocenters. The maximum Gasteiger partial charge on any atom is 0.310 e. The summed E-state index contributed by atoms with van der Waals surface area (Å²) in [5.74, 6) is 0.954. The highest BCUT2D eigenvalue weighted by Crippen LogP contribution is 2.27. The molecule has 2 heterocycles. The molecule has 2 fully saturated rings. The van der Waals surface area contributed by atoms with Gasteiger partial charge in [-0.3, -0.25) is 9.79 Å². The van der Waals surface area contributed by atoms with Crippen LogP contribution in [-0.4, -0.2) is 87.9 Å². The molecule has 2 rings (SSSR count). The number of hydrogen-bond acceptors (Lipinski definition) is 5. The van der Waals surface area contributed by atoms with Gasteiger partial charge in [0.25, 0.3) is 0 Å². The van der Waals surface area contributed by atoms with Gasteiger partial charge < -0.3 is 24.6 Å². The molecule has 0 spiro atoms. The van der Waals surface area contributed by atoms with Crippen LogP contribution >= 0.6 is 24.0 Å². The molecule has 26 heavy (non-hydrogen) atoms. The van der Waals surface area contributed by atoms with Crippen molar-refractivity contribution in [1.29, 1.82) is 0 Å². The van der Waals surface area contributed by atoms with Crippen molar-refractivity contribution in [3.63, 3.8) is 0 Å². The fraction of sp³-hybridized carbons (Fsp3) is 0.889. The molecule has 0 saturated carbocycles. The summed E-state index contributed by atoms with van der Waals surface area (Å²) in [5, 5.41) is 3.39. The Bertz CT molecular complexity index is 481. The van der Waals surface area contributed by atoms with Crippen molar-refractivity contribution >= 4 is 35.9 Å². The lowest BCUT2D eigenvalue weighted by molar-refractivity contribution is -0.145. The Labute approximate surface area is 174 Å². The molecule has 8 heteroatoms. The molecule has 2 atom stereocenters. The van der Waals surface area contributed by atoms with Gasteiger partial charge in [-0.05, 0) is 39.8 Å². The standard InChI is InChI=1S/C18H34N4O3.HI/c1-6-19-17(22-11-14(2)15(12-22)16(23)24-5)20-13-18(21(3)4)7-9-25-10-8-18;/h14-15H,6-13H2,1-5H3,(H,19,20);1H. The fourth-order valence-electron chi connectivity index (χ4n) is 3.74. The van der Waals surface area contributed by atoms with E-state index in [0.29, 0.717) is 6.54 Å². The third-order valence-corrected chi connectivity index (χ3v) is 5.65. The molecule has 0 aliphatic carbocycles. The molecule has 0 amide bonds. The Morgan fingerprint density at radius 1 is 1.35 bits per heavy atom. The van der Waals surface area contributed by atoms with Gasteiger partial charge in [0.2, 0.25) is 0 Å². The number of ether oxygens (including phenoxy) is 2. The first kappa shape index (κ1) is 23.4. The molecule has 0 aromatic rings. The third kappa shape index (κ3) is 5.45. The second-order valence-corrected chi connectivity index (χ2v) is 7.41. The number of methoxy groups -OCH3 is 1. The highest BCUT2D eigenvalue weighted by molar-refractivity contribution is 14.0. The SMILES string of the molecule is CCNC(=NCC1(N(C)C)CCOCC1)N1CC(C)C(C(=O)OC)C1.I. The van der Waals surface area contributed by atoms with Gasteiger partial charge in [-0.2, -0.15) is 0 Å². The van der Waals surface area contributed by atoms with E-state index < -0.39 is 0 Å². The van der Waals surface area contributed by atoms with Crippen molar-refractivity contribution in [2.75, 3.05) is 60.6 Å². The van der Waals surface area contributed by atoms with E-state index in [1.54, 1.807) is 0 Å². The molecule has 152 valence electrons. The molecule has 0 aromatic heterocycles. The number of carbonyl (C=O) groups excluding carboxylic acids is 1. The van der Waals surface area contributed by atoms with E-state index >= 15 is 0 Å². The van der Waals surface area contributed by atoms with Crippen LogP contribution in [0.25, 0.3) is 0 Å². The summed E-state index contributed by atoms with van der Waals surface area (Å²) in [4.78, 5) is 21.4. The van der Waals surface area contributed by atoms with E-state index in [4.69, 9.17) is 14.5 Å². The molecular weight excluding hydrogens is 447 g/mol. The van der Waals surface area contributed by atoms with Crippen LogP contribution in [0, 0.1) is 11.8 Å². The van der Waals surface area contributed by atoms with Crippen molar-refractivity contribution in [3.05, 3.63) is 0 Å². The summed E-state index contributed by atoms with van der Waals surface area (Å²) in [7, 11) is 5.71. The van der Waals surface area contributed by atoms with Crippen LogP contribution in [0.2, 0.25) is 0 Å². The lowest BCUT2D eigenvalue weighted by Crippen LogP contribution is -2.52. The van der Waals surface area contributed by atoms with Crippen LogP contribution in [0.1, 0.15) is 26.7 Å². The number of guanidine groups is 1. The summed E-state index contributed by atoms with van der Waals surface area (Å²) in [6, 6.07) is 0. The number of rotatable bonds is 5. The van der Waals surface area contributed by atoms with E-state index in [9.17, 15) is 4.79 Å². The first-order valence-electron chi connectivity index (χ1n) is 9.29. The van der Waals surface area contributed by atoms with Gasteiger partial charge in [0.05, 0.1) is 19.6 Å². The summed E-state index contributed by atoms with van der Waals surface area (Å²) in [6.45, 7) is 8.78. The average Bonchev–Trinajstić information content (AvgIpc) is 3.00. The number of aliphatic imine (C=N–C) groups is 1. The van der Waals surface area contributed by atoms with Gasteiger partial charge in [-0.1, -0.05) is 6.92 Å². The Kier molecular flexibility index (Phi) is 9.60. The van der Waals surface area contributed by atoms with Gasteiger partial charge in [0, 0.05) is 38.4 Å². The number of halogens is 1. The predicted octanol–water partition coefficient (Wildman–Crippen LogP) is 1.42. The zero-order valence-electron chi connectivity index (χ0n) is 16.8. The minimum Gasteiger partial charge on any atom is -0.469 e. The average molecular weight is 482 g/mol. The number of likely N-dealkylation sites (N-methyl/N-ethyl adjacent to an activating group) is 1. The molecule has 7 nitrogen and oxygen atoms in total. The molecule has 0 radical (unpaired) electrons. The topological polar surface area (TPSA) is 66.4 Å². The van der Waals surface area contributed by atoms with Gasteiger partial charge in [-0.25, -0.2) is 0 Å². The monoisotopic (exact) mass is 482 g/mol. The summed E-state index contributed by atoms with van der Waals surface area (Å²) < 4.78 is 10.5. The van der Waals surface area contributed by atoms with Crippen LogP contribution in [0.5, 0.6) is 0 Å². The number of hydrogen-bond donors (Lipinski definition) is 1. The number of esters is 1. The Balaban J connectivity index is 0.00000338. The molecule has 2 saturated heterocycles. The van der Waals surface area contributed by atoms with Gasteiger partial charge in [0.15, 0.2) is 5.96 Å². The second-order valence-electron chi connectivity index (χ2n) is 7.41. The van der Waals surface area contributed by atoms with Crippen LogP contribution in [0.15, 0.2) is 4.99 Å². The number of nitrogens with zero attached hydrogens (tertiary/aromatic N) is 3. The molecule has 0 aromatic carbocycles. The number of carbonyl (C=O) groups is 1. The van der Waals surface area contributed by atoms with E-state index in [0.717, 1.165) is 51.6 Å². The lowest BCUT2D eigenvalue weighted by Gasteiger charge is -2.42. The summed E-state index contributed by atoms with van der Waals surface area (Å²) in [5.41, 5.74) is 0.0476. The zero-order valence-corrected chi connectivity index (χ0v) is 19.1. The Hall–Kier alpha value is -0.610. The molecule has 2 aliphatic heterocycles. The molecule has 1 N–H and O–H groups in total. The Morgan fingerprint density at radius 2 is 2.00 bits per heavy atom. The van der Waals surface area contributed by atoms with Gasteiger partial charge >= 0.3 is 5.97 Å². The van der Waals surface area contributed by atoms with Crippen LogP contribution in [0.4, 0.5) is 0 Å². The van der Waals surface area contributed by atoms with Crippen molar-refractivity contribution < 1.29 is 14.3 Å². The summed E-state index contributed by atoms with van der Waals surface area (Å²) >= 11 is 0. The quantitative estimate of drug-likeness (QED) is 0.277. The predicted molar refractivity (Wildman–Crippen MR) is 114 cm³/mol. The highest BCUT2D eigenvalue weighted by atomic mass is 127. The van der Waals surface area contributed by atoms with Crippen molar-refractivity contribution in [2.45, 2.75) is 32.2 Å². The zero-order chi connectivity index (χ0) is 18.4. The Morgan fingerprint density at radius 3 is 2.54 bits per heavy atom. The summed E-state index contributed by atoms with van der Waals surface area (Å²) in [6.07, 6.45) is 1.98. The van der Waals surface area contributed by atoms with Crippen molar-refractivity contribution in [3.8, 4) is 0 Å². The van der Waals surface area contributed by atoms with Gasteiger partial charge in [0.1, 0.15) is 0 Å². The van der Waals surface area contributed by atoms with Crippen LogP contribution < -0.4 is 5.32 Å². The maximum absolute atomic E-state index is 12.0. The minimum absolute atomic E-state index is 0. The van der Waals surface area contributed by atoms with Crippen LogP contribution in [-0.2, 0) is 14.3 Å². The minimum atomic E-state index is -0.125. The largest absolute Gasteiger partial charge is 0.469 e. The normalized spacial score (nSPS) is 25.8. The third-order valence-electron chi connectivity index (χ3n) is 5.65. The first-order valence-corrected chi connectivity index (χ1v) is 9.29. The molecular formula is C18H35IN4O3. The van der Waals surface area contributed by atoms with E-state index in [1.807, 2.05) is 0 Å². The van der Waals surface area contributed by atoms with Crippen LogP contribution in [0.3, 0.4) is 0 Å². The smallest absolute Gasteiger partial charge is 0.310 e. The van der Waals surface area contributed by atoms with Crippen molar-refractivity contribution in [1.82, 2.24) is 15.1 Å².